The molecule has 1 atom stereocenters. The third-order valence-corrected chi connectivity index (χ3v) is 3.14. The second kappa shape index (κ2) is 4.77. The zero-order valence-electron chi connectivity index (χ0n) is 10.5. The van der Waals surface area contributed by atoms with E-state index >= 15 is 0 Å². The number of benzene rings is 1. The maximum absolute atomic E-state index is 9.64. The molecule has 0 radical (unpaired) electrons. The molecule has 1 aliphatic rings. The van der Waals surface area contributed by atoms with Crippen molar-refractivity contribution in [3.8, 4) is 5.75 Å². The third-order valence-electron chi connectivity index (χ3n) is 3.14. The quantitative estimate of drug-likeness (QED) is 0.858. The lowest BCUT2D eigenvalue weighted by molar-refractivity contribution is -0.000440. The highest BCUT2D eigenvalue weighted by Gasteiger charge is 2.31. The summed E-state index contributed by atoms with van der Waals surface area (Å²) in [7, 11) is 0. The summed E-state index contributed by atoms with van der Waals surface area (Å²) < 4.78 is 5.71. The topological polar surface area (TPSA) is 49.7 Å². The number of aliphatic hydroxyl groups excluding tert-OH is 1. The number of ether oxygens (including phenoxy) is 1. The van der Waals surface area contributed by atoms with Crippen LogP contribution in [0.3, 0.4) is 0 Å². The molecule has 1 unspecified atom stereocenters. The van der Waals surface area contributed by atoms with E-state index in [4.69, 9.17) is 4.74 Å². The first-order chi connectivity index (χ1) is 8.47. The highest BCUT2D eigenvalue weighted by atomic mass is 16.5. The average molecular weight is 246 g/mol. The minimum absolute atomic E-state index is 0.271. The van der Waals surface area contributed by atoms with Gasteiger partial charge in [0.15, 0.2) is 0 Å². The number of rotatable bonds is 3. The van der Waals surface area contributed by atoms with Gasteiger partial charge < -0.3 is 14.9 Å². The Bertz CT molecular complexity index is 473. The van der Waals surface area contributed by atoms with Gasteiger partial charge in [-0.05, 0) is 37.5 Å². The first kappa shape index (κ1) is 12.6. The molecular weight excluding hydrogens is 228 g/mol. The van der Waals surface area contributed by atoms with Crippen molar-refractivity contribution in [1.82, 2.24) is 0 Å². The van der Waals surface area contributed by atoms with Gasteiger partial charge in [-0.25, -0.2) is 0 Å². The molecule has 18 heavy (non-hydrogen) atoms. The Morgan fingerprint density at radius 3 is 2.56 bits per heavy atom. The fraction of sp³-hybridized carbons (Fsp3) is 0.333. The SMILES string of the molecule is C=C1C=C(O)CC(C)(CCc2ccc(O)cc2)O1. The number of aryl methyl sites for hydroxylation is 1. The summed E-state index contributed by atoms with van der Waals surface area (Å²) in [6.07, 6.45) is 3.68. The van der Waals surface area contributed by atoms with Gasteiger partial charge in [-0.2, -0.15) is 0 Å². The largest absolute Gasteiger partial charge is 0.512 e. The standard InChI is InChI=1S/C15H18O3/c1-11-9-14(17)10-15(2,18-11)8-7-12-3-5-13(16)6-4-12/h3-6,9,16-17H,1,7-8,10H2,2H3. The molecule has 3 heteroatoms. The van der Waals surface area contributed by atoms with E-state index in [2.05, 4.69) is 6.58 Å². The van der Waals surface area contributed by atoms with E-state index in [1.807, 2.05) is 19.1 Å². The molecule has 0 saturated heterocycles. The normalized spacial score (nSPS) is 23.4. The number of hydrogen-bond donors (Lipinski definition) is 2. The second-order valence-corrected chi connectivity index (χ2v) is 5.00. The van der Waals surface area contributed by atoms with Crippen LogP contribution < -0.4 is 0 Å². The lowest BCUT2D eigenvalue weighted by atomic mass is 9.90. The molecule has 0 fully saturated rings. The molecule has 0 saturated carbocycles. The van der Waals surface area contributed by atoms with Gasteiger partial charge in [0, 0.05) is 12.5 Å². The predicted molar refractivity (Wildman–Crippen MR) is 70.4 cm³/mol. The summed E-state index contributed by atoms with van der Waals surface area (Å²) in [4.78, 5) is 0. The fourth-order valence-electron chi connectivity index (χ4n) is 2.21. The van der Waals surface area contributed by atoms with Gasteiger partial charge in [0.2, 0.25) is 0 Å². The number of aliphatic hydroxyl groups is 1. The third kappa shape index (κ3) is 3.06. The zero-order valence-corrected chi connectivity index (χ0v) is 10.5. The molecule has 0 bridgehead atoms. The molecule has 1 aliphatic heterocycles. The molecular formula is C15H18O3. The fourth-order valence-corrected chi connectivity index (χ4v) is 2.21. The van der Waals surface area contributed by atoms with Crippen LogP contribution in [0.2, 0.25) is 0 Å². The minimum Gasteiger partial charge on any atom is -0.512 e. The van der Waals surface area contributed by atoms with Crippen LogP contribution in [0.25, 0.3) is 0 Å². The summed E-state index contributed by atoms with van der Waals surface area (Å²) in [6, 6.07) is 7.14. The van der Waals surface area contributed by atoms with Crippen molar-refractivity contribution in [2.24, 2.45) is 0 Å². The van der Waals surface area contributed by atoms with Gasteiger partial charge in [0.05, 0.1) is 5.76 Å². The van der Waals surface area contributed by atoms with E-state index in [1.54, 1.807) is 18.2 Å². The number of aromatic hydroxyl groups is 1. The van der Waals surface area contributed by atoms with Crippen molar-refractivity contribution >= 4 is 0 Å². The smallest absolute Gasteiger partial charge is 0.116 e. The summed E-state index contributed by atoms with van der Waals surface area (Å²) in [5, 5.41) is 18.9. The molecule has 2 rings (SSSR count). The maximum Gasteiger partial charge on any atom is 0.116 e. The van der Waals surface area contributed by atoms with Crippen LogP contribution in [0.1, 0.15) is 25.3 Å². The van der Waals surface area contributed by atoms with Crippen molar-refractivity contribution in [3.63, 3.8) is 0 Å². The lowest BCUT2D eigenvalue weighted by Crippen LogP contribution is -2.32. The van der Waals surface area contributed by atoms with Crippen LogP contribution in [0.4, 0.5) is 0 Å². The van der Waals surface area contributed by atoms with E-state index in [0.29, 0.717) is 17.9 Å². The summed E-state index contributed by atoms with van der Waals surface area (Å²) in [5.41, 5.74) is 0.727. The maximum atomic E-state index is 9.64. The Morgan fingerprint density at radius 2 is 1.94 bits per heavy atom. The van der Waals surface area contributed by atoms with Gasteiger partial charge in [0.1, 0.15) is 17.1 Å². The van der Waals surface area contributed by atoms with E-state index in [9.17, 15) is 10.2 Å². The number of allylic oxidation sites excluding steroid dienone is 1. The van der Waals surface area contributed by atoms with Crippen molar-refractivity contribution in [1.29, 1.82) is 0 Å². The predicted octanol–water partition coefficient (Wildman–Crippen LogP) is 3.46. The Balaban J connectivity index is 1.99. The average Bonchev–Trinajstić information content (AvgIpc) is 2.26. The molecule has 1 aromatic carbocycles. The molecule has 1 heterocycles. The molecule has 0 spiro atoms. The highest BCUT2D eigenvalue weighted by Crippen LogP contribution is 2.32. The lowest BCUT2D eigenvalue weighted by Gasteiger charge is -2.34. The molecule has 0 aliphatic carbocycles. The molecule has 0 aromatic heterocycles. The first-order valence-corrected chi connectivity index (χ1v) is 6.02. The van der Waals surface area contributed by atoms with Crippen LogP contribution in [-0.2, 0) is 11.2 Å². The molecule has 3 nitrogen and oxygen atoms in total. The van der Waals surface area contributed by atoms with E-state index in [-0.39, 0.29) is 5.75 Å². The van der Waals surface area contributed by atoms with Crippen LogP contribution in [0.5, 0.6) is 5.75 Å². The Morgan fingerprint density at radius 1 is 1.28 bits per heavy atom. The minimum atomic E-state index is -0.409. The molecule has 2 N–H and O–H groups in total. The van der Waals surface area contributed by atoms with Crippen LogP contribution >= 0.6 is 0 Å². The summed E-state index contributed by atoms with van der Waals surface area (Å²) in [5.74, 6) is 1.10. The van der Waals surface area contributed by atoms with Gasteiger partial charge >= 0.3 is 0 Å². The van der Waals surface area contributed by atoms with Gasteiger partial charge in [-0.15, -0.1) is 0 Å². The van der Waals surface area contributed by atoms with Crippen LogP contribution in [0.15, 0.2) is 48.4 Å². The summed E-state index contributed by atoms with van der Waals surface area (Å²) in [6.45, 7) is 5.71. The molecule has 96 valence electrons. The van der Waals surface area contributed by atoms with E-state index < -0.39 is 5.60 Å². The van der Waals surface area contributed by atoms with Crippen LogP contribution in [-0.4, -0.2) is 15.8 Å². The number of hydrogen-bond acceptors (Lipinski definition) is 3. The highest BCUT2D eigenvalue weighted by molar-refractivity contribution is 5.26. The zero-order chi connectivity index (χ0) is 13.2. The van der Waals surface area contributed by atoms with Gasteiger partial charge in [-0.1, -0.05) is 18.7 Å². The van der Waals surface area contributed by atoms with Crippen LogP contribution in [0, 0.1) is 0 Å². The van der Waals surface area contributed by atoms with Gasteiger partial charge in [0.25, 0.3) is 0 Å². The van der Waals surface area contributed by atoms with Gasteiger partial charge in [-0.3, -0.25) is 0 Å². The molecule has 0 amide bonds. The first-order valence-electron chi connectivity index (χ1n) is 6.02. The Hall–Kier alpha value is -1.90. The van der Waals surface area contributed by atoms with E-state index in [0.717, 1.165) is 18.4 Å². The van der Waals surface area contributed by atoms with Crippen molar-refractivity contribution in [3.05, 3.63) is 54.0 Å². The van der Waals surface area contributed by atoms with Crippen molar-refractivity contribution in [2.75, 3.05) is 0 Å². The van der Waals surface area contributed by atoms with E-state index in [1.165, 1.54) is 0 Å². The summed E-state index contributed by atoms with van der Waals surface area (Å²) >= 11 is 0. The van der Waals surface area contributed by atoms with Crippen molar-refractivity contribution < 1.29 is 14.9 Å². The molecule has 1 aromatic rings. The number of phenolic OH excluding ortho intramolecular Hbond substituents is 1. The Labute approximate surface area is 107 Å². The number of phenols is 1. The van der Waals surface area contributed by atoms with Crippen molar-refractivity contribution in [2.45, 2.75) is 31.8 Å². The monoisotopic (exact) mass is 246 g/mol. The Kier molecular flexibility index (Phi) is 3.32. The second-order valence-electron chi connectivity index (χ2n) is 5.00.